The molecule has 21 heavy (non-hydrogen) atoms. The van der Waals surface area contributed by atoms with E-state index in [4.69, 9.17) is 12.2 Å². The Bertz CT molecular complexity index is 602. The first-order chi connectivity index (χ1) is 10.1. The summed E-state index contributed by atoms with van der Waals surface area (Å²) in [5.41, 5.74) is 2.11. The van der Waals surface area contributed by atoms with Crippen LogP contribution >= 0.6 is 12.2 Å². The minimum atomic E-state index is -0.128. The smallest absolute Gasteiger partial charge is 0.166 e. The molecule has 0 aliphatic rings. The third-order valence-electron chi connectivity index (χ3n) is 3.03. The van der Waals surface area contributed by atoms with Gasteiger partial charge in [-0.05, 0) is 41.9 Å². The van der Waals surface area contributed by atoms with E-state index in [0.29, 0.717) is 11.7 Å². The highest BCUT2D eigenvalue weighted by Crippen LogP contribution is 2.24. The predicted octanol–water partition coefficient (Wildman–Crippen LogP) is 2.30. The van der Waals surface area contributed by atoms with E-state index in [1.165, 1.54) is 17.7 Å². The minimum Gasteiger partial charge on any atom is -0.504 e. The molecule has 0 heterocycles. The first-order valence-corrected chi connectivity index (χ1v) is 7.12. The van der Waals surface area contributed by atoms with Crippen LogP contribution in [0.2, 0.25) is 0 Å². The number of nitrogens with one attached hydrogen (secondary N) is 2. The van der Waals surface area contributed by atoms with Crippen LogP contribution in [0.15, 0.2) is 48.5 Å². The standard InChI is InChI=1S/C16H18N2O2S/c19-14-7-6-13(10-15(14)20)11-18-16(21)17-9-8-12-4-2-1-3-5-12/h1-7,10,19-20H,8-9,11H2,(H2,17,18,21). The summed E-state index contributed by atoms with van der Waals surface area (Å²) in [5.74, 6) is -0.250. The Morgan fingerprint density at radius 1 is 0.905 bits per heavy atom. The van der Waals surface area contributed by atoms with Crippen LogP contribution < -0.4 is 10.6 Å². The summed E-state index contributed by atoms with van der Waals surface area (Å²) < 4.78 is 0. The van der Waals surface area contributed by atoms with Crippen LogP contribution in [0.4, 0.5) is 0 Å². The average Bonchev–Trinajstić information content (AvgIpc) is 2.49. The van der Waals surface area contributed by atoms with Gasteiger partial charge >= 0.3 is 0 Å². The van der Waals surface area contributed by atoms with Gasteiger partial charge in [0.2, 0.25) is 0 Å². The molecule has 2 rings (SSSR count). The molecule has 0 saturated carbocycles. The van der Waals surface area contributed by atoms with Crippen molar-refractivity contribution in [1.29, 1.82) is 0 Å². The SMILES string of the molecule is Oc1ccc(CNC(=S)NCCc2ccccc2)cc1O. The van der Waals surface area contributed by atoms with Gasteiger partial charge < -0.3 is 20.8 Å². The molecule has 0 unspecified atom stereocenters. The highest BCUT2D eigenvalue weighted by molar-refractivity contribution is 7.80. The van der Waals surface area contributed by atoms with Crippen molar-refractivity contribution >= 4 is 17.3 Å². The first kappa shape index (κ1) is 15.1. The molecule has 2 aromatic rings. The number of thiocarbonyl (C=S) groups is 1. The third-order valence-corrected chi connectivity index (χ3v) is 3.32. The van der Waals surface area contributed by atoms with Gasteiger partial charge in [0.15, 0.2) is 16.6 Å². The van der Waals surface area contributed by atoms with E-state index in [9.17, 15) is 10.2 Å². The zero-order valence-electron chi connectivity index (χ0n) is 11.5. The third kappa shape index (κ3) is 4.96. The molecule has 2 aromatic carbocycles. The molecular formula is C16H18N2O2S. The van der Waals surface area contributed by atoms with Gasteiger partial charge in [-0.2, -0.15) is 0 Å². The van der Waals surface area contributed by atoms with Crippen molar-refractivity contribution < 1.29 is 10.2 Å². The highest BCUT2D eigenvalue weighted by Gasteiger charge is 2.01. The summed E-state index contributed by atoms with van der Waals surface area (Å²) in [6, 6.07) is 14.9. The quantitative estimate of drug-likeness (QED) is 0.504. The van der Waals surface area contributed by atoms with Gasteiger partial charge in [-0.3, -0.25) is 0 Å². The van der Waals surface area contributed by atoms with Gasteiger partial charge in [0.25, 0.3) is 0 Å². The van der Waals surface area contributed by atoms with E-state index in [1.807, 2.05) is 18.2 Å². The van der Waals surface area contributed by atoms with Gasteiger partial charge in [-0.25, -0.2) is 0 Å². The predicted molar refractivity (Wildman–Crippen MR) is 87.4 cm³/mol. The molecule has 0 atom stereocenters. The Hall–Kier alpha value is -2.27. The summed E-state index contributed by atoms with van der Waals surface area (Å²) in [4.78, 5) is 0. The highest BCUT2D eigenvalue weighted by atomic mass is 32.1. The Balaban J connectivity index is 1.71. The maximum atomic E-state index is 9.41. The topological polar surface area (TPSA) is 64.5 Å². The summed E-state index contributed by atoms with van der Waals surface area (Å²) in [5, 5.41) is 25.4. The van der Waals surface area contributed by atoms with Crippen molar-refractivity contribution in [1.82, 2.24) is 10.6 Å². The Morgan fingerprint density at radius 2 is 1.67 bits per heavy atom. The zero-order valence-corrected chi connectivity index (χ0v) is 12.4. The lowest BCUT2D eigenvalue weighted by atomic mass is 10.1. The van der Waals surface area contributed by atoms with Crippen molar-refractivity contribution in [2.24, 2.45) is 0 Å². The number of hydrogen-bond acceptors (Lipinski definition) is 3. The summed E-state index contributed by atoms with van der Waals surface area (Å²) in [7, 11) is 0. The van der Waals surface area contributed by atoms with E-state index >= 15 is 0 Å². The van der Waals surface area contributed by atoms with E-state index in [1.54, 1.807) is 6.07 Å². The molecule has 4 N–H and O–H groups in total. The van der Waals surface area contributed by atoms with Gasteiger partial charge in [-0.15, -0.1) is 0 Å². The molecule has 5 heteroatoms. The van der Waals surface area contributed by atoms with Crippen molar-refractivity contribution in [3.05, 3.63) is 59.7 Å². The molecule has 0 saturated heterocycles. The van der Waals surface area contributed by atoms with Gasteiger partial charge in [0.05, 0.1) is 0 Å². The number of phenols is 2. The second kappa shape index (κ2) is 7.50. The molecule has 0 spiro atoms. The van der Waals surface area contributed by atoms with E-state index in [-0.39, 0.29) is 11.5 Å². The Labute approximate surface area is 129 Å². The van der Waals surface area contributed by atoms with Gasteiger partial charge in [0.1, 0.15) is 0 Å². The number of rotatable bonds is 5. The number of phenolic OH excluding ortho intramolecular Hbond substituents is 2. The fraction of sp³-hybridized carbons (Fsp3) is 0.188. The number of benzene rings is 2. The molecule has 4 nitrogen and oxygen atoms in total. The fourth-order valence-electron chi connectivity index (χ4n) is 1.89. The van der Waals surface area contributed by atoms with Crippen LogP contribution in [0.1, 0.15) is 11.1 Å². The maximum Gasteiger partial charge on any atom is 0.166 e. The lowest BCUT2D eigenvalue weighted by Crippen LogP contribution is -2.35. The van der Waals surface area contributed by atoms with Crippen molar-refractivity contribution in [3.63, 3.8) is 0 Å². The Morgan fingerprint density at radius 3 is 2.38 bits per heavy atom. The molecule has 0 aromatic heterocycles. The van der Waals surface area contributed by atoms with Crippen LogP contribution in [-0.2, 0) is 13.0 Å². The summed E-state index contributed by atoms with van der Waals surface area (Å²) in [6.07, 6.45) is 0.905. The van der Waals surface area contributed by atoms with Gasteiger partial charge in [-0.1, -0.05) is 36.4 Å². The minimum absolute atomic E-state index is 0.123. The van der Waals surface area contributed by atoms with E-state index in [0.717, 1.165) is 18.5 Å². The molecule has 0 aliphatic carbocycles. The maximum absolute atomic E-state index is 9.41. The van der Waals surface area contributed by atoms with E-state index < -0.39 is 0 Å². The summed E-state index contributed by atoms with van der Waals surface area (Å²) in [6.45, 7) is 1.25. The Kier molecular flexibility index (Phi) is 5.40. The fourth-order valence-corrected chi connectivity index (χ4v) is 2.06. The second-order valence-electron chi connectivity index (χ2n) is 4.67. The lowest BCUT2D eigenvalue weighted by Gasteiger charge is -2.11. The van der Waals surface area contributed by atoms with Crippen molar-refractivity contribution in [2.75, 3.05) is 6.54 Å². The average molecular weight is 302 g/mol. The monoisotopic (exact) mass is 302 g/mol. The van der Waals surface area contributed by atoms with Crippen molar-refractivity contribution in [3.8, 4) is 11.5 Å². The van der Waals surface area contributed by atoms with E-state index in [2.05, 4.69) is 22.8 Å². The molecule has 110 valence electrons. The first-order valence-electron chi connectivity index (χ1n) is 6.71. The van der Waals surface area contributed by atoms with Crippen LogP contribution in [-0.4, -0.2) is 21.9 Å². The van der Waals surface area contributed by atoms with Crippen LogP contribution in [0.5, 0.6) is 11.5 Å². The van der Waals surface area contributed by atoms with Crippen LogP contribution in [0.25, 0.3) is 0 Å². The normalized spacial score (nSPS) is 10.1. The zero-order chi connectivity index (χ0) is 15.1. The lowest BCUT2D eigenvalue weighted by molar-refractivity contribution is 0.403. The molecule has 0 aliphatic heterocycles. The molecular weight excluding hydrogens is 284 g/mol. The molecule has 0 bridgehead atoms. The number of hydrogen-bond donors (Lipinski definition) is 4. The van der Waals surface area contributed by atoms with Crippen molar-refractivity contribution in [2.45, 2.75) is 13.0 Å². The molecule has 0 radical (unpaired) electrons. The second-order valence-corrected chi connectivity index (χ2v) is 5.08. The van der Waals surface area contributed by atoms with Gasteiger partial charge in [0, 0.05) is 13.1 Å². The van der Waals surface area contributed by atoms with Crippen LogP contribution in [0, 0.1) is 0 Å². The molecule has 0 amide bonds. The largest absolute Gasteiger partial charge is 0.504 e. The number of aromatic hydroxyl groups is 2. The van der Waals surface area contributed by atoms with Crippen LogP contribution in [0.3, 0.4) is 0 Å². The molecule has 0 fully saturated rings. The summed E-state index contributed by atoms with van der Waals surface area (Å²) >= 11 is 5.19.